The molecule has 0 aliphatic carbocycles. The monoisotopic (exact) mass is 516 g/mol. The SMILES string of the molecule is C/C(N)=N\S(=O)(=O)c1ccc(-c2ccccc2)cc1.C=C(O)CCCO.CSc1cccc(O)c1. The van der Waals surface area contributed by atoms with Crippen molar-refractivity contribution in [1.29, 1.82) is 0 Å². The molecule has 0 heterocycles. The standard InChI is InChI=1S/C14H14N2O2S.C7H8OS.C5H10O2/c1-11(15)16-19(17,18)14-9-7-13(8-10-14)12-5-3-2-4-6-12;1-9-7-4-2-3-6(8)5-7;1-5(7)3-2-4-6/h2-10H,1H3,(H2,15,16);2-5,8H,1H3;6-7H,1-4H2. The number of nitrogens with zero attached hydrogens (tertiary/aromatic N) is 1. The normalized spacial score (nSPS) is 10.9. The molecule has 5 N–H and O–H groups in total. The van der Waals surface area contributed by atoms with E-state index in [4.69, 9.17) is 21.1 Å². The first kappa shape index (κ1) is 29.8. The van der Waals surface area contributed by atoms with Crippen molar-refractivity contribution in [2.24, 2.45) is 10.1 Å². The zero-order valence-electron chi connectivity index (χ0n) is 19.8. The highest BCUT2D eigenvalue weighted by Gasteiger charge is 2.12. The Morgan fingerprint density at radius 2 is 1.60 bits per heavy atom. The molecule has 3 rings (SSSR count). The topological polar surface area (TPSA) is 133 Å². The van der Waals surface area contributed by atoms with Gasteiger partial charge in [0.05, 0.1) is 10.7 Å². The fraction of sp³-hybridized carbons (Fsp3) is 0.192. The summed E-state index contributed by atoms with van der Waals surface area (Å²) in [5.41, 5.74) is 7.29. The molecule has 0 amide bonds. The number of phenolic OH excluding ortho intramolecular Hbond substituents is 1. The summed E-state index contributed by atoms with van der Waals surface area (Å²) in [6, 6.07) is 23.5. The molecule has 0 bridgehead atoms. The van der Waals surface area contributed by atoms with Gasteiger partial charge in [-0.3, -0.25) is 0 Å². The van der Waals surface area contributed by atoms with Crippen LogP contribution in [-0.2, 0) is 10.0 Å². The number of phenols is 1. The van der Waals surface area contributed by atoms with E-state index < -0.39 is 10.0 Å². The number of hydrogen-bond acceptors (Lipinski definition) is 6. The number of nitrogens with two attached hydrogens (primary N) is 1. The number of aliphatic hydroxyl groups is 2. The van der Waals surface area contributed by atoms with E-state index in [-0.39, 0.29) is 23.1 Å². The van der Waals surface area contributed by atoms with Gasteiger partial charge >= 0.3 is 0 Å². The Morgan fingerprint density at radius 1 is 1.00 bits per heavy atom. The molecular weight excluding hydrogens is 484 g/mol. The van der Waals surface area contributed by atoms with Crippen LogP contribution >= 0.6 is 11.8 Å². The zero-order valence-corrected chi connectivity index (χ0v) is 21.5. The number of rotatable bonds is 7. The number of allylic oxidation sites excluding steroid dienone is 1. The summed E-state index contributed by atoms with van der Waals surface area (Å²) < 4.78 is 27.1. The average Bonchev–Trinajstić information content (AvgIpc) is 2.83. The lowest BCUT2D eigenvalue weighted by Gasteiger charge is -2.03. The van der Waals surface area contributed by atoms with Crippen molar-refractivity contribution < 1.29 is 23.7 Å². The summed E-state index contributed by atoms with van der Waals surface area (Å²) in [5, 5.41) is 25.5. The van der Waals surface area contributed by atoms with Crippen molar-refractivity contribution in [3.8, 4) is 16.9 Å². The molecule has 0 aliphatic heterocycles. The van der Waals surface area contributed by atoms with Crippen LogP contribution < -0.4 is 5.73 Å². The zero-order chi connectivity index (χ0) is 26.3. The van der Waals surface area contributed by atoms with Crippen LogP contribution in [0.2, 0.25) is 0 Å². The Bertz CT molecular complexity index is 1180. The first-order chi connectivity index (χ1) is 16.6. The summed E-state index contributed by atoms with van der Waals surface area (Å²) in [5.74, 6) is 0.503. The molecule has 7 nitrogen and oxygen atoms in total. The van der Waals surface area contributed by atoms with Gasteiger partial charge in [-0.1, -0.05) is 55.1 Å². The van der Waals surface area contributed by atoms with E-state index in [2.05, 4.69) is 11.0 Å². The van der Waals surface area contributed by atoms with Gasteiger partial charge in [-0.2, -0.15) is 8.42 Å². The molecule has 0 unspecified atom stereocenters. The minimum absolute atomic E-state index is 0.0205. The van der Waals surface area contributed by atoms with Gasteiger partial charge in [0.15, 0.2) is 0 Å². The number of amidine groups is 1. The second-order valence-corrected chi connectivity index (χ2v) is 9.68. The first-order valence-corrected chi connectivity index (χ1v) is 13.3. The Morgan fingerprint density at radius 3 is 2.03 bits per heavy atom. The number of aromatic hydroxyl groups is 1. The Balaban J connectivity index is 0.000000317. The van der Waals surface area contributed by atoms with Gasteiger partial charge in [-0.25, -0.2) is 0 Å². The van der Waals surface area contributed by atoms with Gasteiger partial charge in [-0.05, 0) is 61.1 Å². The molecule has 0 spiro atoms. The molecule has 3 aromatic carbocycles. The summed E-state index contributed by atoms with van der Waals surface area (Å²) in [6.45, 7) is 4.80. The van der Waals surface area contributed by atoms with Crippen molar-refractivity contribution in [1.82, 2.24) is 0 Å². The highest BCUT2D eigenvalue weighted by Crippen LogP contribution is 2.22. The summed E-state index contributed by atoms with van der Waals surface area (Å²) in [6.07, 6.45) is 3.10. The Hall–Kier alpha value is -3.27. The van der Waals surface area contributed by atoms with Crippen molar-refractivity contribution in [2.45, 2.75) is 29.6 Å². The van der Waals surface area contributed by atoms with Gasteiger partial charge in [0.2, 0.25) is 0 Å². The van der Waals surface area contributed by atoms with E-state index in [0.29, 0.717) is 18.6 Å². The average molecular weight is 517 g/mol. The fourth-order valence-corrected chi connectivity index (χ4v) is 4.00. The van der Waals surface area contributed by atoms with Gasteiger partial charge in [0.25, 0.3) is 10.0 Å². The molecule has 0 saturated heterocycles. The van der Waals surface area contributed by atoms with Crippen molar-refractivity contribution in [3.05, 3.63) is 91.2 Å². The van der Waals surface area contributed by atoms with Crippen LogP contribution in [0.15, 0.2) is 105 Å². The minimum atomic E-state index is -3.70. The Kier molecular flexibility index (Phi) is 13.3. The highest BCUT2D eigenvalue weighted by molar-refractivity contribution is 7.98. The number of thioether (sulfide) groups is 1. The maximum absolute atomic E-state index is 11.8. The van der Waals surface area contributed by atoms with Gasteiger partial charge in [-0.15, -0.1) is 16.2 Å². The number of benzene rings is 3. The molecule has 0 aliphatic rings. The van der Waals surface area contributed by atoms with Crippen LogP contribution in [0.4, 0.5) is 0 Å². The van der Waals surface area contributed by atoms with E-state index >= 15 is 0 Å². The van der Waals surface area contributed by atoms with E-state index in [1.165, 1.54) is 19.1 Å². The van der Waals surface area contributed by atoms with Crippen LogP contribution in [-0.4, -0.2) is 42.4 Å². The molecule has 0 radical (unpaired) electrons. The second-order valence-electron chi connectivity index (χ2n) is 7.19. The summed E-state index contributed by atoms with van der Waals surface area (Å²) >= 11 is 1.62. The molecule has 0 aromatic heterocycles. The van der Waals surface area contributed by atoms with Crippen LogP contribution in [0.5, 0.6) is 5.75 Å². The first-order valence-electron chi connectivity index (χ1n) is 10.6. The summed E-state index contributed by atoms with van der Waals surface area (Å²) in [7, 11) is -3.70. The maximum Gasteiger partial charge on any atom is 0.283 e. The number of hydrogen-bond donors (Lipinski definition) is 4. The predicted octanol–water partition coefficient (Wildman–Crippen LogP) is 5.36. The van der Waals surface area contributed by atoms with Gasteiger partial charge in [0, 0.05) is 17.9 Å². The molecule has 0 saturated carbocycles. The van der Waals surface area contributed by atoms with Crippen LogP contribution in [0.3, 0.4) is 0 Å². The van der Waals surface area contributed by atoms with Crippen LogP contribution in [0, 0.1) is 0 Å². The molecule has 188 valence electrons. The smallest absolute Gasteiger partial charge is 0.283 e. The quantitative estimate of drug-likeness (QED) is 0.144. The number of aliphatic hydroxyl groups excluding tert-OH is 2. The largest absolute Gasteiger partial charge is 0.513 e. The third-order valence-electron chi connectivity index (χ3n) is 4.20. The minimum Gasteiger partial charge on any atom is -0.513 e. The third kappa shape index (κ3) is 12.1. The molecule has 0 fully saturated rings. The Labute approximate surface area is 211 Å². The van der Waals surface area contributed by atoms with Crippen LogP contribution in [0.1, 0.15) is 19.8 Å². The van der Waals surface area contributed by atoms with E-state index in [1.54, 1.807) is 36.0 Å². The van der Waals surface area contributed by atoms with Crippen molar-refractivity contribution in [2.75, 3.05) is 12.9 Å². The predicted molar refractivity (Wildman–Crippen MR) is 144 cm³/mol. The van der Waals surface area contributed by atoms with E-state index in [9.17, 15) is 8.42 Å². The highest BCUT2D eigenvalue weighted by atomic mass is 32.2. The molecule has 9 heteroatoms. The lowest BCUT2D eigenvalue weighted by atomic mass is 10.1. The van der Waals surface area contributed by atoms with Crippen molar-refractivity contribution in [3.63, 3.8) is 0 Å². The second kappa shape index (κ2) is 15.6. The lowest BCUT2D eigenvalue weighted by Crippen LogP contribution is -2.09. The molecular formula is C26H32N2O5S2. The van der Waals surface area contributed by atoms with Crippen LogP contribution in [0.25, 0.3) is 11.1 Å². The molecule has 3 aromatic rings. The summed E-state index contributed by atoms with van der Waals surface area (Å²) in [4.78, 5) is 1.23. The fourth-order valence-electron chi connectivity index (χ4n) is 2.59. The number of sulfonamides is 1. The third-order valence-corrected chi connectivity index (χ3v) is 6.32. The lowest BCUT2D eigenvalue weighted by molar-refractivity contribution is 0.276. The molecule has 0 atom stereocenters. The molecule has 35 heavy (non-hydrogen) atoms. The van der Waals surface area contributed by atoms with E-state index in [0.717, 1.165) is 16.0 Å². The van der Waals surface area contributed by atoms with Crippen molar-refractivity contribution >= 4 is 27.6 Å². The van der Waals surface area contributed by atoms with Gasteiger partial charge < -0.3 is 21.1 Å². The maximum atomic E-state index is 11.8. The van der Waals surface area contributed by atoms with Gasteiger partial charge in [0.1, 0.15) is 11.6 Å². The van der Waals surface area contributed by atoms with E-state index in [1.807, 2.05) is 48.7 Å².